The van der Waals surface area contributed by atoms with Gasteiger partial charge in [0.2, 0.25) is 0 Å². The van der Waals surface area contributed by atoms with Crippen LogP contribution in [0.3, 0.4) is 0 Å². The molecule has 1 fully saturated rings. The van der Waals surface area contributed by atoms with Crippen LogP contribution in [0.1, 0.15) is 33.3 Å². The molecule has 0 unspecified atom stereocenters. The van der Waals surface area contributed by atoms with Crippen LogP contribution in [0.25, 0.3) is 0 Å². The standard InChI is InChI=1S/C16H25BrN2O/c1-15(2)10-19(11-16(3,4)20-15)13-6-5-12(7-8-18)14(17)9-13/h5-6,9H,7-8,10-11,18H2,1-4H3. The molecule has 0 aromatic heterocycles. The highest BCUT2D eigenvalue weighted by Crippen LogP contribution is 2.33. The Morgan fingerprint density at radius 3 is 2.30 bits per heavy atom. The van der Waals surface area contributed by atoms with Crippen molar-refractivity contribution in [2.45, 2.75) is 45.3 Å². The Labute approximate surface area is 130 Å². The quantitative estimate of drug-likeness (QED) is 0.916. The SMILES string of the molecule is CC1(C)CN(c2ccc(CCN)c(Br)c2)CC(C)(C)O1. The van der Waals surface area contributed by atoms with Crippen LogP contribution in [0.2, 0.25) is 0 Å². The van der Waals surface area contributed by atoms with Crippen LogP contribution in [0.4, 0.5) is 5.69 Å². The first-order valence-electron chi connectivity index (χ1n) is 7.16. The molecule has 1 aliphatic rings. The van der Waals surface area contributed by atoms with Crippen LogP contribution in [0.5, 0.6) is 0 Å². The highest BCUT2D eigenvalue weighted by molar-refractivity contribution is 9.10. The van der Waals surface area contributed by atoms with Gasteiger partial charge in [0, 0.05) is 23.2 Å². The van der Waals surface area contributed by atoms with E-state index in [4.69, 9.17) is 10.5 Å². The Bertz CT molecular complexity index is 469. The molecule has 0 aliphatic carbocycles. The molecule has 1 heterocycles. The number of benzene rings is 1. The van der Waals surface area contributed by atoms with E-state index in [0.717, 1.165) is 24.0 Å². The zero-order chi connectivity index (χ0) is 15.0. The normalized spacial score (nSPS) is 21.0. The number of rotatable bonds is 3. The number of hydrogen-bond acceptors (Lipinski definition) is 3. The molecule has 20 heavy (non-hydrogen) atoms. The summed E-state index contributed by atoms with van der Waals surface area (Å²) in [7, 11) is 0. The molecule has 1 aromatic carbocycles. The first-order chi connectivity index (χ1) is 9.22. The maximum atomic E-state index is 6.14. The molecule has 0 saturated carbocycles. The fraction of sp³-hybridized carbons (Fsp3) is 0.625. The largest absolute Gasteiger partial charge is 0.366 e. The third-order valence-electron chi connectivity index (χ3n) is 3.51. The molecule has 0 bridgehead atoms. The van der Waals surface area contributed by atoms with Crippen LogP contribution in [0, 0.1) is 0 Å². The number of halogens is 1. The molecule has 1 aliphatic heterocycles. The maximum absolute atomic E-state index is 6.14. The lowest BCUT2D eigenvalue weighted by Crippen LogP contribution is -2.57. The van der Waals surface area contributed by atoms with Crippen molar-refractivity contribution in [2.24, 2.45) is 5.73 Å². The first-order valence-corrected chi connectivity index (χ1v) is 7.95. The third-order valence-corrected chi connectivity index (χ3v) is 4.25. The average Bonchev–Trinajstić information content (AvgIpc) is 2.28. The lowest BCUT2D eigenvalue weighted by molar-refractivity contribution is -0.133. The minimum absolute atomic E-state index is 0.135. The van der Waals surface area contributed by atoms with E-state index < -0.39 is 0 Å². The van der Waals surface area contributed by atoms with Crippen molar-refractivity contribution in [3.63, 3.8) is 0 Å². The van der Waals surface area contributed by atoms with Gasteiger partial charge in [0.05, 0.1) is 11.2 Å². The van der Waals surface area contributed by atoms with Gasteiger partial charge < -0.3 is 15.4 Å². The van der Waals surface area contributed by atoms with Crippen LogP contribution in [-0.2, 0) is 11.2 Å². The van der Waals surface area contributed by atoms with Gasteiger partial charge in [-0.05, 0) is 58.4 Å². The second-order valence-electron chi connectivity index (χ2n) is 6.79. The molecule has 1 aromatic rings. The highest BCUT2D eigenvalue weighted by atomic mass is 79.9. The predicted octanol–water partition coefficient (Wildman–Crippen LogP) is 3.34. The molecule has 0 atom stereocenters. The van der Waals surface area contributed by atoms with Crippen LogP contribution < -0.4 is 10.6 Å². The summed E-state index contributed by atoms with van der Waals surface area (Å²) in [6, 6.07) is 6.55. The Hall–Kier alpha value is -0.580. The summed E-state index contributed by atoms with van der Waals surface area (Å²) in [6.45, 7) is 11.1. The second-order valence-corrected chi connectivity index (χ2v) is 7.65. The van der Waals surface area contributed by atoms with Crippen molar-refractivity contribution >= 4 is 21.6 Å². The smallest absolute Gasteiger partial charge is 0.0808 e. The summed E-state index contributed by atoms with van der Waals surface area (Å²) in [5, 5.41) is 0. The van der Waals surface area contributed by atoms with Crippen molar-refractivity contribution in [3.8, 4) is 0 Å². The summed E-state index contributed by atoms with van der Waals surface area (Å²) in [6.07, 6.45) is 0.904. The molecule has 2 N–H and O–H groups in total. The van der Waals surface area contributed by atoms with E-state index in [1.165, 1.54) is 11.3 Å². The fourth-order valence-corrected chi connectivity index (χ4v) is 3.63. The molecule has 4 heteroatoms. The Balaban J connectivity index is 2.24. The number of anilines is 1. The van der Waals surface area contributed by atoms with Crippen LogP contribution in [0.15, 0.2) is 22.7 Å². The summed E-state index contributed by atoms with van der Waals surface area (Å²) >= 11 is 3.66. The van der Waals surface area contributed by atoms with Gasteiger partial charge in [0.15, 0.2) is 0 Å². The maximum Gasteiger partial charge on any atom is 0.0808 e. The summed E-state index contributed by atoms with van der Waals surface area (Å²) in [5.41, 5.74) is 7.87. The van der Waals surface area contributed by atoms with E-state index in [-0.39, 0.29) is 11.2 Å². The number of nitrogens with two attached hydrogens (primary N) is 1. The van der Waals surface area contributed by atoms with E-state index >= 15 is 0 Å². The lowest BCUT2D eigenvalue weighted by atomic mass is 9.98. The average molecular weight is 341 g/mol. The zero-order valence-corrected chi connectivity index (χ0v) is 14.5. The molecular formula is C16H25BrN2O. The van der Waals surface area contributed by atoms with Crippen LogP contribution >= 0.6 is 15.9 Å². The summed E-state index contributed by atoms with van der Waals surface area (Å²) < 4.78 is 7.28. The summed E-state index contributed by atoms with van der Waals surface area (Å²) in [4.78, 5) is 2.40. The molecule has 3 nitrogen and oxygen atoms in total. The molecule has 0 amide bonds. The van der Waals surface area contributed by atoms with Gasteiger partial charge in [-0.25, -0.2) is 0 Å². The Morgan fingerprint density at radius 2 is 1.80 bits per heavy atom. The predicted molar refractivity (Wildman–Crippen MR) is 88.4 cm³/mol. The molecule has 112 valence electrons. The first kappa shape index (κ1) is 15.8. The minimum atomic E-state index is -0.135. The van der Waals surface area contributed by atoms with E-state index in [2.05, 4.69) is 66.7 Å². The van der Waals surface area contributed by atoms with Crippen molar-refractivity contribution in [3.05, 3.63) is 28.2 Å². The second kappa shape index (κ2) is 5.66. The van der Waals surface area contributed by atoms with Crippen LogP contribution in [-0.4, -0.2) is 30.8 Å². The number of morpholine rings is 1. The monoisotopic (exact) mass is 340 g/mol. The lowest BCUT2D eigenvalue weighted by Gasteiger charge is -2.48. The minimum Gasteiger partial charge on any atom is -0.366 e. The fourth-order valence-electron chi connectivity index (χ4n) is 3.06. The topological polar surface area (TPSA) is 38.5 Å². The van der Waals surface area contributed by atoms with Gasteiger partial charge in [0.1, 0.15) is 0 Å². The molecule has 1 saturated heterocycles. The molecule has 0 radical (unpaired) electrons. The number of nitrogens with zero attached hydrogens (tertiary/aromatic N) is 1. The third kappa shape index (κ3) is 3.74. The van der Waals surface area contributed by atoms with Gasteiger partial charge in [-0.2, -0.15) is 0 Å². The molecule has 0 spiro atoms. The van der Waals surface area contributed by atoms with Crippen molar-refractivity contribution in [1.82, 2.24) is 0 Å². The highest BCUT2D eigenvalue weighted by Gasteiger charge is 2.38. The van der Waals surface area contributed by atoms with Gasteiger partial charge in [-0.15, -0.1) is 0 Å². The number of hydrogen-bond donors (Lipinski definition) is 1. The Kier molecular flexibility index (Phi) is 4.47. The Morgan fingerprint density at radius 1 is 1.20 bits per heavy atom. The van der Waals surface area contributed by atoms with Gasteiger partial charge in [-0.1, -0.05) is 22.0 Å². The van der Waals surface area contributed by atoms with E-state index in [1.807, 2.05) is 0 Å². The van der Waals surface area contributed by atoms with Gasteiger partial charge in [-0.3, -0.25) is 0 Å². The number of ether oxygens (including phenoxy) is 1. The van der Waals surface area contributed by atoms with E-state index in [0.29, 0.717) is 6.54 Å². The van der Waals surface area contributed by atoms with Gasteiger partial charge >= 0.3 is 0 Å². The molecular weight excluding hydrogens is 316 g/mol. The van der Waals surface area contributed by atoms with Gasteiger partial charge in [0.25, 0.3) is 0 Å². The van der Waals surface area contributed by atoms with Crippen molar-refractivity contribution < 1.29 is 4.74 Å². The molecule has 2 rings (SSSR count). The van der Waals surface area contributed by atoms with E-state index in [9.17, 15) is 0 Å². The summed E-state index contributed by atoms with van der Waals surface area (Å²) in [5.74, 6) is 0. The van der Waals surface area contributed by atoms with Crippen molar-refractivity contribution in [1.29, 1.82) is 0 Å². The van der Waals surface area contributed by atoms with E-state index in [1.54, 1.807) is 0 Å². The van der Waals surface area contributed by atoms with Crippen molar-refractivity contribution in [2.75, 3.05) is 24.5 Å². The zero-order valence-electron chi connectivity index (χ0n) is 12.9.